The van der Waals surface area contributed by atoms with E-state index in [0.29, 0.717) is 0 Å². The van der Waals surface area contributed by atoms with Gasteiger partial charge in [0, 0.05) is 11.7 Å². The van der Waals surface area contributed by atoms with Gasteiger partial charge >= 0.3 is 5.97 Å². The van der Waals surface area contributed by atoms with Gasteiger partial charge in [-0.2, -0.15) is 0 Å². The first-order chi connectivity index (χ1) is 10.1. The van der Waals surface area contributed by atoms with E-state index in [-0.39, 0.29) is 30.5 Å². The van der Waals surface area contributed by atoms with Crippen molar-refractivity contribution in [3.8, 4) is 0 Å². The Kier molecular flexibility index (Phi) is 6.11. The number of nitrogens with zero attached hydrogens (tertiary/aromatic N) is 1. The predicted octanol–water partition coefficient (Wildman–Crippen LogP) is 2.72. The Labute approximate surface area is 132 Å². The number of anilines is 1. The van der Waals surface area contributed by atoms with Crippen molar-refractivity contribution in [1.29, 1.82) is 0 Å². The molecule has 0 aromatic heterocycles. The molecule has 0 spiro atoms. The molecular weight excluding hydrogens is 280 g/mol. The third-order valence-electron chi connectivity index (χ3n) is 3.45. The monoisotopic (exact) mass is 306 g/mol. The molecule has 1 aromatic carbocycles. The fraction of sp³-hybridized carbons (Fsp3) is 0.529. The van der Waals surface area contributed by atoms with Gasteiger partial charge in [-0.05, 0) is 37.0 Å². The van der Waals surface area contributed by atoms with Gasteiger partial charge in [0.2, 0.25) is 5.91 Å². The first-order valence-corrected chi connectivity index (χ1v) is 7.46. The van der Waals surface area contributed by atoms with Gasteiger partial charge in [-0.15, -0.1) is 0 Å². The normalized spacial score (nSPS) is 11.8. The van der Waals surface area contributed by atoms with Crippen LogP contribution in [0.5, 0.6) is 0 Å². The minimum atomic E-state index is -0.934. The molecule has 0 heterocycles. The van der Waals surface area contributed by atoms with Gasteiger partial charge < -0.3 is 10.4 Å². The molecule has 1 rings (SSSR count). The second-order valence-corrected chi connectivity index (χ2v) is 6.77. The molecule has 5 nitrogen and oxygen atoms in total. The average Bonchev–Trinajstić information content (AvgIpc) is 2.36. The van der Waals surface area contributed by atoms with Gasteiger partial charge in [-0.25, -0.2) is 0 Å². The zero-order chi connectivity index (χ0) is 16.9. The number of carboxylic acids is 1. The summed E-state index contributed by atoms with van der Waals surface area (Å²) in [6.07, 6.45) is 0. The number of hydrogen-bond donors (Lipinski definition) is 2. The van der Waals surface area contributed by atoms with Gasteiger partial charge in [0.1, 0.15) is 0 Å². The van der Waals surface area contributed by atoms with Gasteiger partial charge in [0.05, 0.1) is 13.1 Å². The lowest BCUT2D eigenvalue weighted by Gasteiger charge is -2.24. The lowest BCUT2D eigenvalue weighted by atomic mass is 9.87. The van der Waals surface area contributed by atoms with Gasteiger partial charge in [0.15, 0.2) is 0 Å². The summed E-state index contributed by atoms with van der Waals surface area (Å²) in [5.74, 6) is -1.14. The zero-order valence-electron chi connectivity index (χ0n) is 14.0. The number of carbonyl (C=O) groups is 2. The Morgan fingerprint density at radius 2 is 1.68 bits per heavy atom. The van der Waals surface area contributed by atoms with E-state index in [1.54, 1.807) is 4.90 Å². The summed E-state index contributed by atoms with van der Waals surface area (Å²) in [5.41, 5.74) is 1.98. The first kappa shape index (κ1) is 18.2. The van der Waals surface area contributed by atoms with Crippen LogP contribution in [0.1, 0.15) is 40.2 Å². The van der Waals surface area contributed by atoms with E-state index in [2.05, 4.69) is 26.1 Å². The third-order valence-corrected chi connectivity index (χ3v) is 3.45. The Morgan fingerprint density at radius 1 is 1.14 bits per heavy atom. The minimum absolute atomic E-state index is 0.00915. The number of aliphatic carboxylic acids is 1. The summed E-state index contributed by atoms with van der Waals surface area (Å²) in [7, 11) is 0. The molecule has 0 saturated heterocycles. The van der Waals surface area contributed by atoms with Crippen molar-refractivity contribution in [2.45, 2.75) is 46.1 Å². The molecule has 0 radical (unpaired) electrons. The zero-order valence-corrected chi connectivity index (χ0v) is 14.0. The largest absolute Gasteiger partial charge is 0.480 e. The van der Waals surface area contributed by atoms with Crippen molar-refractivity contribution in [3.05, 3.63) is 29.8 Å². The fourth-order valence-electron chi connectivity index (χ4n) is 2.03. The smallest absolute Gasteiger partial charge is 0.317 e. The summed E-state index contributed by atoms with van der Waals surface area (Å²) in [6, 6.07) is 7.72. The lowest BCUT2D eigenvalue weighted by Crippen LogP contribution is -2.41. The maximum Gasteiger partial charge on any atom is 0.317 e. The number of carbonyl (C=O) groups excluding carboxylic acids is 1. The highest BCUT2D eigenvalue weighted by molar-refractivity contribution is 5.92. The number of benzene rings is 1. The van der Waals surface area contributed by atoms with E-state index < -0.39 is 5.97 Å². The Hall–Kier alpha value is -1.88. The number of amides is 1. The van der Waals surface area contributed by atoms with Crippen molar-refractivity contribution in [2.24, 2.45) is 0 Å². The topological polar surface area (TPSA) is 69.6 Å². The Balaban J connectivity index is 2.66. The van der Waals surface area contributed by atoms with Crippen LogP contribution in [-0.2, 0) is 15.0 Å². The van der Waals surface area contributed by atoms with Gasteiger partial charge in [-0.3, -0.25) is 14.5 Å². The fourth-order valence-corrected chi connectivity index (χ4v) is 2.03. The van der Waals surface area contributed by atoms with Crippen LogP contribution in [0.3, 0.4) is 0 Å². The SMILES string of the molecule is CC(C)N(CC(=O)O)CC(=O)Nc1ccc(C(C)(C)C)cc1. The van der Waals surface area contributed by atoms with Crippen LogP contribution in [0, 0.1) is 0 Å². The molecule has 22 heavy (non-hydrogen) atoms. The van der Waals surface area contributed by atoms with Crippen LogP contribution < -0.4 is 5.32 Å². The van der Waals surface area contributed by atoms with Crippen LogP contribution >= 0.6 is 0 Å². The summed E-state index contributed by atoms with van der Waals surface area (Å²) in [4.78, 5) is 24.5. The van der Waals surface area contributed by atoms with E-state index in [0.717, 1.165) is 5.69 Å². The van der Waals surface area contributed by atoms with E-state index >= 15 is 0 Å². The number of hydrogen-bond acceptors (Lipinski definition) is 3. The van der Waals surface area contributed by atoms with Crippen molar-refractivity contribution in [3.63, 3.8) is 0 Å². The van der Waals surface area contributed by atoms with Crippen molar-refractivity contribution >= 4 is 17.6 Å². The molecule has 0 aliphatic carbocycles. The molecular formula is C17H26N2O3. The third kappa shape index (κ3) is 5.85. The maximum absolute atomic E-state index is 12.0. The maximum atomic E-state index is 12.0. The number of rotatable bonds is 6. The second kappa shape index (κ2) is 7.40. The molecule has 5 heteroatoms. The van der Waals surface area contributed by atoms with E-state index in [9.17, 15) is 9.59 Å². The van der Waals surface area contributed by atoms with Crippen LogP contribution in [0.15, 0.2) is 24.3 Å². The summed E-state index contributed by atoms with van der Waals surface area (Å²) in [6.45, 7) is 10.1. The molecule has 1 amide bonds. The molecule has 0 aliphatic heterocycles. The average molecular weight is 306 g/mol. The van der Waals surface area contributed by atoms with E-state index in [1.807, 2.05) is 38.1 Å². The molecule has 0 saturated carbocycles. The van der Waals surface area contributed by atoms with Crippen LogP contribution in [0.25, 0.3) is 0 Å². The highest BCUT2D eigenvalue weighted by Crippen LogP contribution is 2.23. The van der Waals surface area contributed by atoms with E-state index in [4.69, 9.17) is 5.11 Å². The Morgan fingerprint density at radius 3 is 2.09 bits per heavy atom. The number of carboxylic acid groups (broad SMARTS) is 1. The van der Waals surface area contributed by atoms with Crippen molar-refractivity contribution in [2.75, 3.05) is 18.4 Å². The van der Waals surface area contributed by atoms with Crippen molar-refractivity contribution in [1.82, 2.24) is 4.90 Å². The van der Waals surface area contributed by atoms with Crippen molar-refractivity contribution < 1.29 is 14.7 Å². The molecule has 1 aromatic rings. The lowest BCUT2D eigenvalue weighted by molar-refractivity contribution is -0.139. The van der Waals surface area contributed by atoms with Crippen LogP contribution in [-0.4, -0.2) is 41.0 Å². The predicted molar refractivity (Wildman–Crippen MR) is 88.1 cm³/mol. The quantitative estimate of drug-likeness (QED) is 0.848. The molecule has 122 valence electrons. The number of nitrogens with one attached hydrogen (secondary N) is 1. The molecule has 0 fully saturated rings. The first-order valence-electron chi connectivity index (χ1n) is 7.46. The highest BCUT2D eigenvalue weighted by Gasteiger charge is 2.17. The van der Waals surface area contributed by atoms with Crippen LogP contribution in [0.4, 0.5) is 5.69 Å². The summed E-state index contributed by atoms with van der Waals surface area (Å²) < 4.78 is 0. The highest BCUT2D eigenvalue weighted by atomic mass is 16.4. The molecule has 0 unspecified atom stereocenters. The molecule has 2 N–H and O–H groups in total. The summed E-state index contributed by atoms with van der Waals surface area (Å²) >= 11 is 0. The second-order valence-electron chi connectivity index (χ2n) is 6.77. The molecule has 0 atom stereocenters. The Bertz CT molecular complexity index is 516. The van der Waals surface area contributed by atoms with Crippen LogP contribution in [0.2, 0.25) is 0 Å². The van der Waals surface area contributed by atoms with Gasteiger partial charge in [0.25, 0.3) is 0 Å². The molecule has 0 bridgehead atoms. The minimum Gasteiger partial charge on any atom is -0.480 e. The van der Waals surface area contributed by atoms with E-state index in [1.165, 1.54) is 5.56 Å². The summed E-state index contributed by atoms with van der Waals surface area (Å²) in [5, 5.41) is 11.7. The van der Waals surface area contributed by atoms with Gasteiger partial charge in [-0.1, -0.05) is 32.9 Å². The standard InChI is InChI=1S/C17H26N2O3/c1-12(2)19(11-16(21)22)10-15(20)18-14-8-6-13(7-9-14)17(3,4)5/h6-9,12H,10-11H2,1-5H3,(H,18,20)(H,21,22). The molecule has 0 aliphatic rings.